The van der Waals surface area contributed by atoms with Crippen LogP contribution in [0.5, 0.6) is 0 Å². The largest absolute Gasteiger partial charge is 0.382 e. The highest BCUT2D eigenvalue weighted by Gasteiger charge is 2.04. The van der Waals surface area contributed by atoms with Crippen LogP contribution in [0.3, 0.4) is 0 Å². The number of hydrogen-bond acceptors (Lipinski definition) is 3. The number of H-pyrrole nitrogens is 1. The fourth-order valence-corrected chi connectivity index (χ4v) is 1.67. The molecule has 4 nitrogen and oxygen atoms in total. The van der Waals surface area contributed by atoms with Crippen molar-refractivity contribution >= 4 is 11.5 Å². The zero-order valence-corrected chi connectivity index (χ0v) is 9.57. The average molecular weight is 216 g/mol. The van der Waals surface area contributed by atoms with Gasteiger partial charge in [-0.15, -0.1) is 0 Å². The van der Waals surface area contributed by atoms with Gasteiger partial charge in [-0.2, -0.15) is 5.10 Å². The van der Waals surface area contributed by atoms with Crippen molar-refractivity contribution in [2.75, 3.05) is 17.7 Å². The molecule has 84 valence electrons. The van der Waals surface area contributed by atoms with Gasteiger partial charge in [0.2, 0.25) is 0 Å². The van der Waals surface area contributed by atoms with E-state index in [4.69, 9.17) is 5.73 Å². The van der Waals surface area contributed by atoms with E-state index >= 15 is 0 Å². The number of benzene rings is 1. The van der Waals surface area contributed by atoms with Gasteiger partial charge in [-0.3, -0.25) is 5.10 Å². The quantitative estimate of drug-likeness (QED) is 0.824. The van der Waals surface area contributed by atoms with Crippen LogP contribution in [-0.2, 0) is 6.54 Å². The van der Waals surface area contributed by atoms with Crippen LogP contribution in [0.25, 0.3) is 0 Å². The molecule has 1 aromatic carbocycles. The molecule has 0 unspecified atom stereocenters. The Morgan fingerprint density at radius 3 is 2.81 bits per heavy atom. The van der Waals surface area contributed by atoms with Crippen LogP contribution in [0.4, 0.5) is 11.5 Å². The van der Waals surface area contributed by atoms with Gasteiger partial charge in [-0.05, 0) is 24.6 Å². The SMILES string of the molecule is Cc1cccc(N(C)Cc2cc(N)n[nH]2)c1. The Labute approximate surface area is 95.1 Å². The third-order valence-electron chi connectivity index (χ3n) is 2.50. The second kappa shape index (κ2) is 4.26. The monoisotopic (exact) mass is 216 g/mol. The molecule has 0 saturated carbocycles. The Morgan fingerprint density at radius 1 is 1.38 bits per heavy atom. The van der Waals surface area contributed by atoms with Crippen molar-refractivity contribution in [2.24, 2.45) is 0 Å². The third-order valence-corrected chi connectivity index (χ3v) is 2.50. The van der Waals surface area contributed by atoms with Crippen molar-refractivity contribution in [3.8, 4) is 0 Å². The zero-order chi connectivity index (χ0) is 11.5. The number of aryl methyl sites for hydroxylation is 1. The summed E-state index contributed by atoms with van der Waals surface area (Å²) in [7, 11) is 2.05. The van der Waals surface area contributed by atoms with E-state index in [0.717, 1.165) is 12.2 Å². The van der Waals surface area contributed by atoms with E-state index in [2.05, 4.69) is 46.3 Å². The number of anilines is 2. The minimum absolute atomic E-state index is 0.535. The summed E-state index contributed by atoms with van der Waals surface area (Å²) in [6, 6.07) is 10.2. The summed E-state index contributed by atoms with van der Waals surface area (Å²) in [5.74, 6) is 0.535. The van der Waals surface area contributed by atoms with E-state index in [0.29, 0.717) is 5.82 Å². The fourth-order valence-electron chi connectivity index (χ4n) is 1.67. The fraction of sp³-hybridized carbons (Fsp3) is 0.250. The lowest BCUT2D eigenvalue weighted by atomic mass is 10.2. The number of aromatic nitrogens is 2. The maximum absolute atomic E-state index is 5.56. The van der Waals surface area contributed by atoms with Crippen molar-refractivity contribution in [1.82, 2.24) is 10.2 Å². The normalized spacial score (nSPS) is 10.4. The molecule has 4 heteroatoms. The molecule has 0 fully saturated rings. The first-order valence-corrected chi connectivity index (χ1v) is 5.23. The van der Waals surface area contributed by atoms with Gasteiger partial charge >= 0.3 is 0 Å². The molecule has 0 amide bonds. The van der Waals surface area contributed by atoms with E-state index in [9.17, 15) is 0 Å². The van der Waals surface area contributed by atoms with E-state index in [-0.39, 0.29) is 0 Å². The first-order valence-electron chi connectivity index (χ1n) is 5.23. The minimum Gasteiger partial charge on any atom is -0.382 e. The van der Waals surface area contributed by atoms with Gasteiger partial charge in [0.15, 0.2) is 0 Å². The highest BCUT2D eigenvalue weighted by atomic mass is 15.2. The predicted octanol–water partition coefficient (Wildman–Crippen LogP) is 1.94. The predicted molar refractivity (Wildman–Crippen MR) is 66.3 cm³/mol. The van der Waals surface area contributed by atoms with E-state index in [1.807, 2.05) is 13.1 Å². The lowest BCUT2D eigenvalue weighted by Gasteiger charge is -2.18. The molecular weight excluding hydrogens is 200 g/mol. The summed E-state index contributed by atoms with van der Waals surface area (Å²) in [5.41, 5.74) is 9.02. The summed E-state index contributed by atoms with van der Waals surface area (Å²) in [4.78, 5) is 2.15. The minimum atomic E-state index is 0.535. The zero-order valence-electron chi connectivity index (χ0n) is 9.57. The van der Waals surface area contributed by atoms with Crippen LogP contribution in [0, 0.1) is 6.92 Å². The van der Waals surface area contributed by atoms with Crippen molar-refractivity contribution in [3.63, 3.8) is 0 Å². The molecular formula is C12H16N4. The van der Waals surface area contributed by atoms with Gasteiger partial charge in [0.05, 0.1) is 12.2 Å². The highest BCUT2D eigenvalue weighted by Crippen LogP contribution is 2.16. The molecule has 1 aromatic heterocycles. The van der Waals surface area contributed by atoms with Crippen molar-refractivity contribution in [2.45, 2.75) is 13.5 Å². The Bertz CT molecular complexity index is 475. The van der Waals surface area contributed by atoms with Crippen LogP contribution in [0.15, 0.2) is 30.3 Å². The molecule has 2 rings (SSSR count). The van der Waals surface area contributed by atoms with Crippen LogP contribution >= 0.6 is 0 Å². The molecule has 0 bridgehead atoms. The molecule has 0 atom stereocenters. The maximum atomic E-state index is 5.56. The maximum Gasteiger partial charge on any atom is 0.145 e. The lowest BCUT2D eigenvalue weighted by Crippen LogP contribution is -2.16. The van der Waals surface area contributed by atoms with Gasteiger partial charge < -0.3 is 10.6 Å². The molecule has 0 spiro atoms. The molecule has 2 aromatic rings. The van der Waals surface area contributed by atoms with Crippen molar-refractivity contribution < 1.29 is 0 Å². The molecule has 0 aliphatic rings. The van der Waals surface area contributed by atoms with E-state index in [1.165, 1.54) is 11.3 Å². The first kappa shape index (κ1) is 10.5. The summed E-state index contributed by atoms with van der Waals surface area (Å²) in [6.07, 6.45) is 0. The van der Waals surface area contributed by atoms with Gasteiger partial charge in [-0.25, -0.2) is 0 Å². The number of nitrogen functional groups attached to an aromatic ring is 1. The Balaban J connectivity index is 2.11. The van der Waals surface area contributed by atoms with Crippen LogP contribution < -0.4 is 10.6 Å². The van der Waals surface area contributed by atoms with E-state index in [1.54, 1.807) is 0 Å². The molecule has 0 aliphatic heterocycles. The van der Waals surface area contributed by atoms with Gasteiger partial charge in [0.1, 0.15) is 5.82 Å². The molecule has 0 saturated heterocycles. The average Bonchev–Trinajstić information content (AvgIpc) is 2.64. The standard InChI is InChI=1S/C12H16N4/c1-9-4-3-5-11(6-9)16(2)8-10-7-12(13)15-14-10/h3-7H,8H2,1-2H3,(H3,13,14,15). The van der Waals surface area contributed by atoms with Crippen molar-refractivity contribution in [3.05, 3.63) is 41.6 Å². The molecule has 0 aliphatic carbocycles. The topological polar surface area (TPSA) is 57.9 Å². The number of nitrogens with one attached hydrogen (secondary N) is 1. The Hall–Kier alpha value is -1.97. The van der Waals surface area contributed by atoms with Crippen LogP contribution in [0.2, 0.25) is 0 Å². The summed E-state index contributed by atoms with van der Waals surface area (Å²) in [6.45, 7) is 2.86. The number of aromatic amines is 1. The Kier molecular flexibility index (Phi) is 2.81. The Morgan fingerprint density at radius 2 is 2.19 bits per heavy atom. The first-order chi connectivity index (χ1) is 7.65. The molecule has 0 radical (unpaired) electrons. The van der Waals surface area contributed by atoms with Gasteiger partial charge in [0, 0.05) is 18.8 Å². The van der Waals surface area contributed by atoms with Crippen LogP contribution in [-0.4, -0.2) is 17.2 Å². The third kappa shape index (κ3) is 2.34. The van der Waals surface area contributed by atoms with Crippen LogP contribution in [0.1, 0.15) is 11.3 Å². The molecule has 1 heterocycles. The number of rotatable bonds is 3. The van der Waals surface area contributed by atoms with Crippen molar-refractivity contribution in [1.29, 1.82) is 0 Å². The summed E-state index contributed by atoms with van der Waals surface area (Å²) < 4.78 is 0. The molecule has 16 heavy (non-hydrogen) atoms. The smallest absolute Gasteiger partial charge is 0.145 e. The molecule has 3 N–H and O–H groups in total. The lowest BCUT2D eigenvalue weighted by molar-refractivity contribution is 0.869. The van der Waals surface area contributed by atoms with E-state index < -0.39 is 0 Å². The number of nitrogens with two attached hydrogens (primary N) is 1. The second-order valence-corrected chi connectivity index (χ2v) is 4.01. The van der Waals surface area contributed by atoms with Gasteiger partial charge in [-0.1, -0.05) is 12.1 Å². The summed E-state index contributed by atoms with van der Waals surface area (Å²) >= 11 is 0. The summed E-state index contributed by atoms with van der Waals surface area (Å²) in [5, 5.41) is 6.81. The van der Waals surface area contributed by atoms with Gasteiger partial charge in [0.25, 0.3) is 0 Å². The second-order valence-electron chi connectivity index (χ2n) is 4.01. The number of nitrogens with zero attached hydrogens (tertiary/aromatic N) is 2. The number of hydrogen-bond donors (Lipinski definition) is 2. The highest BCUT2D eigenvalue weighted by molar-refractivity contribution is 5.48.